The summed E-state index contributed by atoms with van der Waals surface area (Å²) in [4.78, 5) is 3.78. The number of aromatic nitrogens is 1. The van der Waals surface area contributed by atoms with Crippen LogP contribution in [-0.4, -0.2) is 26.7 Å². The van der Waals surface area contributed by atoms with Crippen LogP contribution in [-0.2, 0) is 5.92 Å². The van der Waals surface area contributed by atoms with E-state index in [0.29, 0.717) is 0 Å². The van der Waals surface area contributed by atoms with Gasteiger partial charge in [0.05, 0.1) is 0 Å². The smallest absolute Gasteiger partial charge is 1.00 e. The molecule has 12 heavy (non-hydrogen) atoms. The van der Waals surface area contributed by atoms with Crippen LogP contribution in [0.3, 0.4) is 0 Å². The van der Waals surface area contributed by atoms with E-state index in [1.807, 2.05) is 0 Å². The number of pyridine rings is 1. The predicted octanol–water partition coefficient (Wildman–Crippen LogP) is -2.01. The van der Waals surface area contributed by atoms with Crippen molar-refractivity contribution >= 4 is 25.5 Å². The van der Waals surface area contributed by atoms with Gasteiger partial charge >= 0.3 is 76.0 Å². The molecule has 0 atom stereocenters. The van der Waals surface area contributed by atoms with E-state index in [9.17, 15) is 8.78 Å². The van der Waals surface area contributed by atoms with Crippen molar-refractivity contribution in [2.45, 2.75) is 12.8 Å². The standard InChI is InChI=1S/C7H6F2N.ClH.Mg/c1-7(8,9)6-3-2-4-10-5-6;;/h2-3,5H,1H3;1H;/q;;+1/p-1. The van der Waals surface area contributed by atoms with Crippen molar-refractivity contribution in [3.8, 4) is 0 Å². The molecule has 0 aromatic carbocycles. The number of alkyl halides is 2. The second-order valence-electron chi connectivity index (χ2n) is 2.43. The van der Waals surface area contributed by atoms with Crippen molar-refractivity contribution in [2.75, 3.05) is 0 Å². The Bertz CT molecular complexity index is 245. The third-order valence-electron chi connectivity index (χ3n) is 1.33. The molecule has 62 valence electrons. The molecule has 0 amide bonds. The minimum Gasteiger partial charge on any atom is -1.00 e. The Morgan fingerprint density at radius 2 is 2.00 bits per heavy atom. The van der Waals surface area contributed by atoms with Gasteiger partial charge in [-0.25, -0.2) is 0 Å². The molecule has 0 aliphatic carbocycles. The molecule has 5 heteroatoms. The molecular weight excluding hydrogens is 196 g/mol. The number of halogens is 3. The molecule has 0 spiro atoms. The van der Waals surface area contributed by atoms with Crippen molar-refractivity contribution in [3.63, 3.8) is 0 Å². The van der Waals surface area contributed by atoms with Crippen LogP contribution in [0, 0.1) is 0 Å². The van der Waals surface area contributed by atoms with Crippen molar-refractivity contribution in [3.05, 3.63) is 23.9 Å². The van der Waals surface area contributed by atoms with E-state index in [0.717, 1.165) is 10.7 Å². The molecule has 0 saturated heterocycles. The average molecular weight is 202 g/mol. The van der Waals surface area contributed by atoms with E-state index >= 15 is 0 Å². The van der Waals surface area contributed by atoms with Gasteiger partial charge in [0.1, 0.15) is 0 Å². The summed E-state index contributed by atoms with van der Waals surface area (Å²) < 4.78 is 25.9. The van der Waals surface area contributed by atoms with Crippen LogP contribution in [0.4, 0.5) is 8.78 Å². The fraction of sp³-hybridized carbons (Fsp3) is 0.286. The molecule has 0 N–H and O–H groups in total. The normalized spacial score (nSPS) is 10.8. The summed E-state index contributed by atoms with van der Waals surface area (Å²) in [5, 5.41) is 0. The first kappa shape index (κ1) is 12.1. The molecule has 1 nitrogen and oxygen atoms in total. The summed E-state index contributed by atoms with van der Waals surface area (Å²) in [6.07, 6.45) is 1.21. The van der Waals surface area contributed by atoms with Gasteiger partial charge in [0.25, 0.3) is 0 Å². The third kappa shape index (κ3) is 3.21. The van der Waals surface area contributed by atoms with E-state index in [1.165, 1.54) is 12.3 Å². The maximum atomic E-state index is 12.5. The van der Waals surface area contributed by atoms with E-state index < -0.39 is 5.92 Å². The van der Waals surface area contributed by atoms with Crippen LogP contribution >= 0.6 is 0 Å². The van der Waals surface area contributed by atoms with Crippen LogP contribution in [0.5, 0.6) is 0 Å². The van der Waals surface area contributed by atoms with E-state index in [4.69, 9.17) is 0 Å². The topological polar surface area (TPSA) is 12.9 Å². The summed E-state index contributed by atoms with van der Waals surface area (Å²) in [6.45, 7) is 0.863. The zero-order valence-corrected chi connectivity index (χ0v) is 8.69. The molecule has 0 unspecified atom stereocenters. The average Bonchev–Trinajstić information content (AvgIpc) is 1.86. The zero-order valence-electron chi connectivity index (χ0n) is 6.52. The largest absolute Gasteiger partial charge is 1.00 e. The summed E-state index contributed by atoms with van der Waals surface area (Å²) in [6, 6.07) is 2.99. The molecule has 0 fully saturated rings. The SMILES string of the molecule is CC(F)(F)c1cc[c]([Mg+])nc1.[Cl-]. The van der Waals surface area contributed by atoms with Crippen LogP contribution in [0.1, 0.15) is 12.5 Å². The molecular formula is C7H6ClF2MgN. The number of hydrogen-bond donors (Lipinski definition) is 0. The second-order valence-corrected chi connectivity index (χ2v) is 3.15. The molecule has 1 aromatic rings. The monoisotopic (exact) mass is 201 g/mol. The second kappa shape index (κ2) is 4.34. The van der Waals surface area contributed by atoms with Gasteiger partial charge < -0.3 is 12.4 Å². The molecule has 0 aliphatic rings. The van der Waals surface area contributed by atoms with Crippen molar-refractivity contribution in [2.24, 2.45) is 0 Å². The molecule has 0 bridgehead atoms. The first-order valence-electron chi connectivity index (χ1n) is 3.16. The Hall–Kier alpha value is 0.0662. The number of rotatable bonds is 1. The number of hydrogen-bond acceptors (Lipinski definition) is 1. The van der Waals surface area contributed by atoms with E-state index in [1.54, 1.807) is 27.8 Å². The summed E-state index contributed by atoms with van der Waals surface area (Å²) in [5.74, 6) is -2.77. The van der Waals surface area contributed by atoms with Crippen molar-refractivity contribution in [1.29, 1.82) is 0 Å². The summed E-state index contributed by atoms with van der Waals surface area (Å²) >= 11 is 1.57. The maximum absolute atomic E-state index is 12.5. The minimum atomic E-state index is -2.77. The first-order chi connectivity index (χ1) is 5.00. The predicted molar refractivity (Wildman–Crippen MR) is 39.2 cm³/mol. The van der Waals surface area contributed by atoms with Gasteiger partial charge in [-0.15, -0.1) is 0 Å². The van der Waals surface area contributed by atoms with Crippen LogP contribution in [0.2, 0.25) is 0 Å². The Kier molecular flexibility index (Phi) is 4.37. The molecule has 1 aromatic heterocycles. The summed E-state index contributed by atoms with van der Waals surface area (Å²) in [7, 11) is 0. The Morgan fingerprint density at radius 3 is 2.33 bits per heavy atom. The van der Waals surface area contributed by atoms with E-state index in [-0.39, 0.29) is 18.0 Å². The van der Waals surface area contributed by atoms with Crippen molar-refractivity contribution < 1.29 is 21.2 Å². The van der Waals surface area contributed by atoms with Gasteiger partial charge in [-0.1, -0.05) is 0 Å². The number of nitrogens with zero attached hydrogens (tertiary/aromatic N) is 1. The van der Waals surface area contributed by atoms with Crippen LogP contribution < -0.4 is 16.2 Å². The van der Waals surface area contributed by atoms with Gasteiger partial charge in [0.15, 0.2) is 0 Å². The van der Waals surface area contributed by atoms with Crippen molar-refractivity contribution in [1.82, 2.24) is 4.98 Å². The fourth-order valence-electron chi connectivity index (χ4n) is 0.684. The molecule has 1 rings (SSSR count). The quantitative estimate of drug-likeness (QED) is 0.479. The fourth-order valence-corrected chi connectivity index (χ4v) is 0.893. The van der Waals surface area contributed by atoms with E-state index in [2.05, 4.69) is 4.98 Å². The maximum Gasteiger partial charge on any atom is -1.00 e. The van der Waals surface area contributed by atoms with Gasteiger partial charge in [-0.05, 0) is 0 Å². The molecule has 0 saturated carbocycles. The van der Waals surface area contributed by atoms with Crippen LogP contribution in [0.15, 0.2) is 18.3 Å². The van der Waals surface area contributed by atoms with Gasteiger partial charge in [0.2, 0.25) is 0 Å². The van der Waals surface area contributed by atoms with Gasteiger partial charge in [-0.2, -0.15) is 0 Å². The van der Waals surface area contributed by atoms with Crippen LogP contribution in [0.25, 0.3) is 0 Å². The van der Waals surface area contributed by atoms with Gasteiger partial charge in [0, 0.05) is 0 Å². The third-order valence-corrected chi connectivity index (χ3v) is 1.75. The van der Waals surface area contributed by atoms with Gasteiger partial charge in [-0.3, -0.25) is 0 Å². The molecule has 0 radical (unpaired) electrons. The Labute approximate surface area is 88.4 Å². The Balaban J connectivity index is 0.00000121. The molecule has 0 aliphatic heterocycles. The zero-order chi connectivity index (χ0) is 8.48. The first-order valence-corrected chi connectivity index (χ1v) is 3.87. The molecule has 1 heterocycles. The Morgan fingerprint density at radius 1 is 1.42 bits per heavy atom. The minimum absolute atomic E-state index is 0. The summed E-state index contributed by atoms with van der Waals surface area (Å²) in [5.41, 5.74) is -0.0344.